The van der Waals surface area contributed by atoms with Crippen LogP contribution in [-0.2, 0) is 0 Å². The van der Waals surface area contributed by atoms with Crippen molar-refractivity contribution in [2.75, 3.05) is 22.9 Å². The molecule has 7 heteroatoms. The lowest BCUT2D eigenvalue weighted by Gasteiger charge is -2.12. The minimum atomic E-state index is 0.232. The summed E-state index contributed by atoms with van der Waals surface area (Å²) in [5, 5.41) is 13.1. The summed E-state index contributed by atoms with van der Waals surface area (Å²) in [6.45, 7) is 6.95. The van der Waals surface area contributed by atoms with Gasteiger partial charge in [-0.05, 0) is 32.9 Å². The third-order valence-electron chi connectivity index (χ3n) is 2.40. The van der Waals surface area contributed by atoms with Crippen LogP contribution in [0.1, 0.15) is 20.8 Å². The van der Waals surface area contributed by atoms with Gasteiger partial charge in [0.05, 0.1) is 0 Å². The summed E-state index contributed by atoms with van der Waals surface area (Å²) in [7, 11) is 0. The number of pyridine rings is 1. The maximum Gasteiger partial charge on any atom is 0.239 e. The molecule has 5 N–H and O–H groups in total. The molecule has 0 amide bonds. The molecule has 0 saturated carbocycles. The molecule has 2 aromatic heterocycles. The molecule has 102 valence electrons. The highest BCUT2D eigenvalue weighted by Crippen LogP contribution is 2.22. The lowest BCUT2D eigenvalue weighted by Crippen LogP contribution is -2.12. The quantitative estimate of drug-likeness (QED) is 0.653. The zero-order chi connectivity index (χ0) is 13.8. The van der Waals surface area contributed by atoms with Gasteiger partial charge in [-0.3, -0.25) is 5.10 Å². The molecule has 19 heavy (non-hydrogen) atoms. The second-order valence-corrected chi connectivity index (χ2v) is 4.50. The molecule has 0 aliphatic heterocycles. The summed E-state index contributed by atoms with van der Waals surface area (Å²) in [5.41, 5.74) is 6.42. The van der Waals surface area contributed by atoms with E-state index in [2.05, 4.69) is 44.6 Å². The van der Waals surface area contributed by atoms with E-state index in [9.17, 15) is 0 Å². The molecule has 2 heterocycles. The van der Waals surface area contributed by atoms with Crippen LogP contribution in [0.4, 0.5) is 17.6 Å². The molecular weight excluding hydrogens is 242 g/mol. The Balaban J connectivity index is 2.38. The molecule has 0 radical (unpaired) electrons. The second kappa shape index (κ2) is 5.55. The molecule has 0 saturated heterocycles. The van der Waals surface area contributed by atoms with Crippen molar-refractivity contribution in [3.8, 4) is 11.4 Å². The van der Waals surface area contributed by atoms with Crippen LogP contribution < -0.4 is 16.4 Å². The first-order valence-electron chi connectivity index (χ1n) is 6.29. The predicted octanol–water partition coefficient (Wildman–Crippen LogP) is 1.70. The smallest absolute Gasteiger partial charge is 0.239 e. The summed E-state index contributed by atoms with van der Waals surface area (Å²) in [6, 6.07) is 4.13. The summed E-state index contributed by atoms with van der Waals surface area (Å²) in [4.78, 5) is 8.61. The number of rotatable bonds is 5. The average molecular weight is 261 g/mol. The predicted molar refractivity (Wildman–Crippen MR) is 76.9 cm³/mol. The number of nitrogens with zero attached hydrogens (tertiary/aromatic N) is 3. The van der Waals surface area contributed by atoms with E-state index >= 15 is 0 Å². The highest BCUT2D eigenvalue weighted by atomic mass is 15.3. The Bertz CT molecular complexity index is 547. The number of aromatic nitrogens is 4. The van der Waals surface area contributed by atoms with Crippen molar-refractivity contribution >= 4 is 17.6 Å². The van der Waals surface area contributed by atoms with Crippen LogP contribution in [-0.4, -0.2) is 32.8 Å². The fourth-order valence-corrected chi connectivity index (χ4v) is 1.71. The van der Waals surface area contributed by atoms with Gasteiger partial charge < -0.3 is 16.4 Å². The van der Waals surface area contributed by atoms with Crippen LogP contribution in [0.5, 0.6) is 0 Å². The lowest BCUT2D eigenvalue weighted by molar-refractivity contribution is 0.889. The number of nitrogens with one attached hydrogen (secondary N) is 3. The van der Waals surface area contributed by atoms with E-state index in [1.807, 2.05) is 19.1 Å². The van der Waals surface area contributed by atoms with Crippen LogP contribution in [0, 0.1) is 0 Å². The van der Waals surface area contributed by atoms with Gasteiger partial charge in [-0.1, -0.05) is 0 Å². The molecule has 0 spiro atoms. The van der Waals surface area contributed by atoms with Gasteiger partial charge in [-0.2, -0.15) is 4.98 Å². The summed E-state index contributed by atoms with van der Waals surface area (Å²) in [5.74, 6) is 2.44. The van der Waals surface area contributed by atoms with Gasteiger partial charge in [0, 0.05) is 18.2 Å². The zero-order valence-electron chi connectivity index (χ0n) is 11.4. The standard InChI is InChI=1S/C12H19N7/c1-4-14-9-5-8(11-17-12(13)19-18-11)6-10(16-9)15-7(2)3/h5-7H,4H2,1-3H3,(H2,14,15,16)(H3,13,17,18,19). The van der Waals surface area contributed by atoms with Gasteiger partial charge in [-0.15, -0.1) is 5.10 Å². The number of aromatic amines is 1. The normalized spacial score (nSPS) is 10.7. The average Bonchev–Trinajstić information content (AvgIpc) is 2.75. The van der Waals surface area contributed by atoms with E-state index in [-0.39, 0.29) is 5.95 Å². The summed E-state index contributed by atoms with van der Waals surface area (Å²) >= 11 is 0. The van der Waals surface area contributed by atoms with Gasteiger partial charge in [0.15, 0.2) is 5.82 Å². The molecule has 0 unspecified atom stereocenters. The first-order valence-corrected chi connectivity index (χ1v) is 6.29. The maximum absolute atomic E-state index is 5.53. The molecule has 0 aliphatic rings. The van der Waals surface area contributed by atoms with Gasteiger partial charge in [0.1, 0.15) is 11.6 Å². The van der Waals surface area contributed by atoms with Crippen molar-refractivity contribution < 1.29 is 0 Å². The molecule has 0 bridgehead atoms. The Kier molecular flexibility index (Phi) is 3.84. The topological polar surface area (TPSA) is 105 Å². The van der Waals surface area contributed by atoms with Gasteiger partial charge >= 0.3 is 0 Å². The second-order valence-electron chi connectivity index (χ2n) is 4.50. The van der Waals surface area contributed by atoms with Gasteiger partial charge in [0.2, 0.25) is 5.95 Å². The molecule has 0 atom stereocenters. The SMILES string of the molecule is CCNc1cc(-c2nc(N)n[nH]2)cc(NC(C)C)n1. The van der Waals surface area contributed by atoms with Crippen LogP contribution in [0.2, 0.25) is 0 Å². The van der Waals surface area contributed by atoms with Crippen LogP contribution in [0.3, 0.4) is 0 Å². The van der Waals surface area contributed by atoms with Gasteiger partial charge in [0.25, 0.3) is 0 Å². The molecule has 0 fully saturated rings. The van der Waals surface area contributed by atoms with Crippen LogP contribution >= 0.6 is 0 Å². The molecule has 0 aliphatic carbocycles. The van der Waals surface area contributed by atoms with Crippen molar-refractivity contribution in [1.82, 2.24) is 20.2 Å². The molecule has 2 aromatic rings. The van der Waals surface area contributed by atoms with Crippen LogP contribution in [0.15, 0.2) is 12.1 Å². The minimum absolute atomic E-state index is 0.232. The highest BCUT2D eigenvalue weighted by molar-refractivity contribution is 5.65. The first-order chi connectivity index (χ1) is 9.08. The van der Waals surface area contributed by atoms with Crippen molar-refractivity contribution in [3.63, 3.8) is 0 Å². The van der Waals surface area contributed by atoms with Crippen LogP contribution in [0.25, 0.3) is 11.4 Å². The number of nitrogen functional groups attached to an aromatic ring is 1. The number of H-pyrrole nitrogens is 1. The van der Waals surface area contributed by atoms with Crippen molar-refractivity contribution in [2.45, 2.75) is 26.8 Å². The summed E-state index contributed by atoms with van der Waals surface area (Å²) < 4.78 is 0. The number of hydrogen-bond donors (Lipinski definition) is 4. The fraction of sp³-hybridized carbons (Fsp3) is 0.417. The van der Waals surface area contributed by atoms with E-state index in [0.717, 1.165) is 23.7 Å². The molecule has 2 rings (SSSR count). The highest BCUT2D eigenvalue weighted by Gasteiger charge is 2.08. The first kappa shape index (κ1) is 13.1. The molecule has 0 aromatic carbocycles. The Morgan fingerprint density at radius 3 is 2.58 bits per heavy atom. The van der Waals surface area contributed by atoms with Gasteiger partial charge in [-0.25, -0.2) is 4.98 Å². The summed E-state index contributed by atoms with van der Waals surface area (Å²) in [6.07, 6.45) is 0. The lowest BCUT2D eigenvalue weighted by atomic mass is 10.2. The third-order valence-corrected chi connectivity index (χ3v) is 2.40. The Hall–Kier alpha value is -2.31. The largest absolute Gasteiger partial charge is 0.370 e. The maximum atomic E-state index is 5.53. The Morgan fingerprint density at radius 1 is 1.26 bits per heavy atom. The van der Waals surface area contributed by atoms with Crippen molar-refractivity contribution in [1.29, 1.82) is 0 Å². The number of nitrogens with two attached hydrogens (primary N) is 1. The van der Waals surface area contributed by atoms with E-state index in [4.69, 9.17) is 5.73 Å². The zero-order valence-corrected chi connectivity index (χ0v) is 11.4. The Labute approximate surface area is 112 Å². The molecule has 7 nitrogen and oxygen atoms in total. The minimum Gasteiger partial charge on any atom is -0.370 e. The third kappa shape index (κ3) is 3.34. The van der Waals surface area contributed by atoms with E-state index in [0.29, 0.717) is 11.9 Å². The van der Waals surface area contributed by atoms with E-state index in [1.54, 1.807) is 0 Å². The van der Waals surface area contributed by atoms with E-state index in [1.165, 1.54) is 0 Å². The number of hydrogen-bond acceptors (Lipinski definition) is 6. The van der Waals surface area contributed by atoms with Crippen molar-refractivity contribution in [2.24, 2.45) is 0 Å². The Morgan fingerprint density at radius 2 is 2.00 bits per heavy atom. The molecular formula is C12H19N7. The number of anilines is 3. The van der Waals surface area contributed by atoms with Crippen molar-refractivity contribution in [3.05, 3.63) is 12.1 Å². The fourth-order valence-electron chi connectivity index (χ4n) is 1.71. The monoisotopic (exact) mass is 261 g/mol. The van der Waals surface area contributed by atoms with E-state index < -0.39 is 0 Å².